The molecule has 0 spiro atoms. The van der Waals surface area contributed by atoms with Crippen molar-refractivity contribution in [1.29, 1.82) is 0 Å². The summed E-state index contributed by atoms with van der Waals surface area (Å²) in [6, 6.07) is 3.19. The van der Waals surface area contributed by atoms with Gasteiger partial charge in [-0.2, -0.15) is 0 Å². The van der Waals surface area contributed by atoms with Gasteiger partial charge in [0.2, 0.25) is 5.91 Å². The van der Waals surface area contributed by atoms with E-state index in [2.05, 4.69) is 70.0 Å². The predicted octanol–water partition coefficient (Wildman–Crippen LogP) is 5.16. The Kier molecular flexibility index (Phi) is 15.6. The largest absolute Gasteiger partial charge is 0.489 e. The van der Waals surface area contributed by atoms with Crippen molar-refractivity contribution in [2.45, 2.75) is 117 Å². The van der Waals surface area contributed by atoms with Gasteiger partial charge >= 0.3 is 5.97 Å². The Morgan fingerprint density at radius 3 is 2.48 bits per heavy atom. The molecule has 4 aromatic rings. The second-order valence-electron chi connectivity index (χ2n) is 21.9. The summed E-state index contributed by atoms with van der Waals surface area (Å²) in [7, 11) is 5.23. The molecule has 1 aromatic carbocycles. The standard InChI is InChI=1S/C55H71FN10O8S/c1-10-12-45(67)64-17-14-55(56,15-18-64)53(71)62(8)47(33(2)3)50(68)59-41-28-44-58-42(31-75-44)35-25-37-39(29-54(5,6)32-74-52(70)40-13-11-16-66(60-40)51(41)69)48(65-23-24-73-43(26-35)49(37)65)38-27-36(30-57-46(38)34(4)72-9)63-21-19-61(7)20-22-63/h25-27,30-31,33-34,40-41,47,60H,11,13-24,28-29,32H2,1-9H3,(H,59,68)/t34-,40-,41-,47-/m0/s1. The molecule has 8 heterocycles. The van der Waals surface area contributed by atoms with Crippen molar-refractivity contribution in [3.8, 4) is 40.1 Å². The summed E-state index contributed by atoms with van der Waals surface area (Å²) in [5.41, 5.74) is 7.49. The lowest BCUT2D eigenvalue weighted by Gasteiger charge is -2.40. The fourth-order valence-electron chi connectivity index (χ4n) is 11.3. The summed E-state index contributed by atoms with van der Waals surface area (Å²) < 4.78 is 37.6. The first kappa shape index (κ1) is 53.7. The number of hydrogen-bond acceptors (Lipinski definition) is 14. The molecule has 0 aliphatic carbocycles. The van der Waals surface area contributed by atoms with Crippen molar-refractivity contribution in [1.82, 2.24) is 45.0 Å². The third-order valence-corrected chi connectivity index (χ3v) is 16.4. The molecule has 5 aliphatic heterocycles. The number of likely N-dealkylation sites (tertiary alicyclic amines) is 1. The summed E-state index contributed by atoms with van der Waals surface area (Å²) in [5, 5.41) is 7.78. The quantitative estimate of drug-likeness (QED) is 0.166. The summed E-state index contributed by atoms with van der Waals surface area (Å²) >= 11 is 1.35. The van der Waals surface area contributed by atoms with Gasteiger partial charge in [-0.05, 0) is 75.8 Å². The van der Waals surface area contributed by atoms with E-state index in [0.717, 1.165) is 75.7 Å². The van der Waals surface area contributed by atoms with Crippen LogP contribution in [0.4, 0.5) is 10.1 Å². The van der Waals surface area contributed by atoms with Gasteiger partial charge in [0.1, 0.15) is 30.5 Å². The first-order chi connectivity index (χ1) is 35.8. The van der Waals surface area contributed by atoms with Crippen LogP contribution in [0.3, 0.4) is 0 Å². The fraction of sp³-hybridized carbons (Fsp3) is 0.582. The molecular weight excluding hydrogens is 980 g/mol. The number of pyridine rings is 1. The minimum atomic E-state index is -2.32. The van der Waals surface area contributed by atoms with Crippen LogP contribution in [0.5, 0.6) is 5.75 Å². The van der Waals surface area contributed by atoms with Crippen LogP contribution < -0.4 is 20.4 Å². The predicted molar refractivity (Wildman–Crippen MR) is 283 cm³/mol. The van der Waals surface area contributed by atoms with E-state index < -0.39 is 64.7 Å². The molecule has 9 rings (SSSR count). The van der Waals surface area contributed by atoms with Crippen molar-refractivity contribution in [3.05, 3.63) is 46.0 Å². The molecule has 2 N–H and O–H groups in total. The Balaban J connectivity index is 1.10. The van der Waals surface area contributed by atoms with Gasteiger partial charge in [0.05, 0.1) is 58.7 Å². The average Bonchev–Trinajstić information content (AvgIpc) is 4.00. The van der Waals surface area contributed by atoms with Gasteiger partial charge in [0, 0.05) is 107 Å². The van der Waals surface area contributed by atoms with Crippen molar-refractivity contribution in [2.75, 3.05) is 85.1 Å². The number of ether oxygens (including phenoxy) is 3. The summed E-state index contributed by atoms with van der Waals surface area (Å²) in [5.74, 6) is 2.28. The van der Waals surface area contributed by atoms with Crippen LogP contribution in [-0.2, 0) is 52.8 Å². The number of thiazole rings is 1. The number of hydrogen-bond donors (Lipinski definition) is 2. The molecule has 0 unspecified atom stereocenters. The number of piperazine rings is 1. The zero-order chi connectivity index (χ0) is 53.5. The van der Waals surface area contributed by atoms with E-state index in [1.807, 2.05) is 24.6 Å². The van der Waals surface area contributed by atoms with Gasteiger partial charge in [-0.3, -0.25) is 34.0 Å². The maximum Gasteiger partial charge on any atom is 0.324 e. The number of nitrogens with one attached hydrogen (secondary N) is 2. The number of cyclic esters (lactones) is 1. The summed E-state index contributed by atoms with van der Waals surface area (Å²) in [6.45, 7) is 16.2. The van der Waals surface area contributed by atoms with Crippen LogP contribution in [0.2, 0.25) is 0 Å². The number of piperidine rings is 1. The first-order valence-corrected chi connectivity index (χ1v) is 27.1. The molecule has 0 saturated carbocycles. The summed E-state index contributed by atoms with van der Waals surface area (Å²) in [6.07, 6.45) is 2.54. The van der Waals surface area contributed by atoms with Crippen LogP contribution in [0, 0.1) is 23.2 Å². The highest BCUT2D eigenvalue weighted by Crippen LogP contribution is 2.47. The van der Waals surface area contributed by atoms with E-state index in [-0.39, 0.29) is 51.6 Å². The normalized spacial score (nSPS) is 21.8. The van der Waals surface area contributed by atoms with Gasteiger partial charge < -0.3 is 43.7 Å². The molecule has 4 atom stereocenters. The highest BCUT2D eigenvalue weighted by atomic mass is 32.1. The monoisotopic (exact) mass is 1050 g/mol. The number of anilines is 1. The van der Waals surface area contributed by atoms with Crippen molar-refractivity contribution in [3.63, 3.8) is 0 Å². The molecule has 3 fully saturated rings. The van der Waals surface area contributed by atoms with Crippen molar-refractivity contribution in [2.24, 2.45) is 11.3 Å². The molecule has 18 nitrogen and oxygen atoms in total. The Morgan fingerprint density at radius 2 is 1.77 bits per heavy atom. The number of esters is 1. The average molecular weight is 1050 g/mol. The van der Waals surface area contributed by atoms with Crippen molar-refractivity contribution >= 4 is 57.5 Å². The number of fused-ring (bicyclic) bond motifs is 6. The molecular formula is C55H71FN10O8S. The second kappa shape index (κ2) is 21.8. The summed E-state index contributed by atoms with van der Waals surface area (Å²) in [4.78, 5) is 87.5. The number of carbonyl (C=O) groups excluding carboxylic acids is 5. The third-order valence-electron chi connectivity index (χ3n) is 15.5. The third kappa shape index (κ3) is 11.0. The molecule has 0 radical (unpaired) electrons. The number of aromatic nitrogens is 3. The molecule has 402 valence electrons. The van der Waals surface area contributed by atoms with E-state index in [0.29, 0.717) is 48.9 Å². The molecule has 20 heteroatoms. The van der Waals surface area contributed by atoms with Crippen LogP contribution in [-0.4, -0.2) is 168 Å². The highest BCUT2D eigenvalue weighted by molar-refractivity contribution is 7.10. The zero-order valence-corrected chi connectivity index (χ0v) is 45.5. The Morgan fingerprint density at radius 1 is 1.03 bits per heavy atom. The van der Waals surface area contributed by atoms with Gasteiger partial charge in [-0.15, -0.1) is 11.3 Å². The number of halogens is 1. The lowest BCUT2D eigenvalue weighted by atomic mass is 9.84. The maximum absolute atomic E-state index is 16.6. The molecule has 3 saturated heterocycles. The lowest BCUT2D eigenvalue weighted by Crippen LogP contribution is -2.63. The SMILES string of the molecule is CC#CC(=O)N1CCC(F)(C(=O)N(C)[C@H](C(=O)N[C@H]2Cc3nc(cs3)-c3cc4c5c(c3)c(c(-c3cc(N6CCN(C)CC6)cnc3[C@H](C)OC)n5CCO4)CC(C)(C)COC(=O)[C@@H]3CCCN(N3)C2=O)C(C)C)CC1. The van der Waals surface area contributed by atoms with Gasteiger partial charge in [-0.1, -0.05) is 33.6 Å². The Hall–Kier alpha value is -6.14. The Bertz CT molecular complexity index is 2910. The fourth-order valence-corrected chi connectivity index (χ4v) is 12.1. The minimum absolute atomic E-state index is 0.000580. The number of rotatable bonds is 9. The second-order valence-corrected chi connectivity index (χ2v) is 22.8. The van der Waals surface area contributed by atoms with Crippen LogP contribution in [0.1, 0.15) is 89.6 Å². The molecule has 3 aromatic heterocycles. The number of amides is 4. The van der Waals surface area contributed by atoms with Crippen LogP contribution >= 0.6 is 11.3 Å². The number of methoxy groups -OCH3 is 1. The highest BCUT2D eigenvalue weighted by Gasteiger charge is 2.47. The number of alkyl halides is 1. The van der Waals surface area contributed by atoms with Gasteiger partial charge in [0.15, 0.2) is 5.67 Å². The smallest absolute Gasteiger partial charge is 0.324 e. The van der Waals surface area contributed by atoms with E-state index in [1.54, 1.807) is 27.9 Å². The van der Waals surface area contributed by atoms with Crippen molar-refractivity contribution < 1.29 is 42.6 Å². The van der Waals surface area contributed by atoms with E-state index in [4.69, 9.17) is 24.2 Å². The number of carbonyl (C=O) groups is 5. The zero-order valence-electron chi connectivity index (χ0n) is 44.7. The van der Waals surface area contributed by atoms with E-state index >= 15 is 4.39 Å². The van der Waals surface area contributed by atoms with E-state index in [1.165, 1.54) is 28.3 Å². The molecule has 75 heavy (non-hydrogen) atoms. The number of likely N-dealkylation sites (N-methyl/N-ethyl adjacent to an activating group) is 2. The minimum Gasteiger partial charge on any atom is -0.489 e. The lowest BCUT2D eigenvalue weighted by molar-refractivity contribution is -0.156. The van der Waals surface area contributed by atoms with Crippen LogP contribution in [0.25, 0.3) is 33.4 Å². The number of benzene rings is 1. The number of hydrazine groups is 1. The number of nitrogens with zero attached hydrogens (tertiary/aromatic N) is 8. The van der Waals surface area contributed by atoms with Gasteiger partial charge in [-0.25, -0.2) is 14.8 Å². The van der Waals surface area contributed by atoms with Gasteiger partial charge in [0.25, 0.3) is 17.7 Å². The van der Waals surface area contributed by atoms with E-state index in [9.17, 15) is 24.0 Å². The van der Waals surface area contributed by atoms with Crippen LogP contribution in [0.15, 0.2) is 29.8 Å². The maximum atomic E-state index is 16.6. The topological polar surface area (TPSA) is 184 Å². The molecule has 5 aliphatic rings. The Labute approximate surface area is 442 Å². The molecule has 4 amide bonds. The first-order valence-electron chi connectivity index (χ1n) is 26.3. The molecule has 6 bridgehead atoms.